The summed E-state index contributed by atoms with van der Waals surface area (Å²) in [6.07, 6.45) is 0.859. The molecule has 1 amide bonds. The molecule has 116 valence electrons. The van der Waals surface area contributed by atoms with Crippen molar-refractivity contribution < 1.29 is 17.6 Å². The Morgan fingerprint density at radius 3 is 2.73 bits per heavy atom. The number of sulfone groups is 1. The smallest absolute Gasteiger partial charge is 0.309 e. The lowest BCUT2D eigenvalue weighted by Gasteiger charge is -2.07. The van der Waals surface area contributed by atoms with Crippen molar-refractivity contribution >= 4 is 15.7 Å². The van der Waals surface area contributed by atoms with Gasteiger partial charge in [-0.05, 0) is 12.0 Å². The topological polar surface area (TPSA) is 102 Å². The van der Waals surface area contributed by atoms with Crippen LogP contribution in [0.3, 0.4) is 0 Å². The van der Waals surface area contributed by atoms with E-state index in [-0.39, 0.29) is 23.4 Å². The molecular formula is C14H15N3O4S. The number of aromatic nitrogens is 2. The highest BCUT2D eigenvalue weighted by Crippen LogP contribution is 2.13. The zero-order chi connectivity index (χ0) is 15.6. The molecule has 22 heavy (non-hydrogen) atoms. The van der Waals surface area contributed by atoms with E-state index in [2.05, 4.69) is 15.5 Å². The first-order chi connectivity index (χ1) is 10.5. The van der Waals surface area contributed by atoms with Crippen LogP contribution in [0.2, 0.25) is 0 Å². The van der Waals surface area contributed by atoms with Gasteiger partial charge in [0.2, 0.25) is 5.89 Å². The van der Waals surface area contributed by atoms with Crippen LogP contribution in [-0.2, 0) is 16.3 Å². The summed E-state index contributed by atoms with van der Waals surface area (Å²) in [5.74, 6) is -0.273. The molecule has 1 N–H and O–H groups in total. The maximum absolute atomic E-state index is 12.0. The van der Waals surface area contributed by atoms with Gasteiger partial charge < -0.3 is 9.73 Å². The van der Waals surface area contributed by atoms with E-state index < -0.39 is 15.7 Å². The maximum atomic E-state index is 12.0. The second-order valence-corrected chi connectivity index (χ2v) is 7.47. The van der Waals surface area contributed by atoms with E-state index in [1.54, 1.807) is 0 Å². The molecule has 0 radical (unpaired) electrons. The molecule has 1 atom stereocenters. The van der Waals surface area contributed by atoms with Gasteiger partial charge in [0, 0.05) is 6.04 Å². The maximum Gasteiger partial charge on any atom is 0.309 e. The van der Waals surface area contributed by atoms with Crippen molar-refractivity contribution in [2.45, 2.75) is 18.9 Å². The summed E-state index contributed by atoms with van der Waals surface area (Å²) < 4.78 is 28.1. The molecule has 3 rings (SSSR count). The third-order valence-electron chi connectivity index (χ3n) is 3.43. The summed E-state index contributed by atoms with van der Waals surface area (Å²) in [5.41, 5.74) is 1.000. The van der Waals surface area contributed by atoms with Crippen LogP contribution in [0.5, 0.6) is 0 Å². The molecule has 1 aliphatic rings. The SMILES string of the molecule is O=C(NC1CCS(=O)(=O)C1)c1nnc(Cc2ccccc2)o1. The van der Waals surface area contributed by atoms with E-state index in [9.17, 15) is 13.2 Å². The molecule has 0 bridgehead atoms. The fourth-order valence-corrected chi connectivity index (χ4v) is 4.02. The number of rotatable bonds is 4. The van der Waals surface area contributed by atoms with Crippen molar-refractivity contribution in [3.8, 4) is 0 Å². The van der Waals surface area contributed by atoms with Crippen LogP contribution in [0.4, 0.5) is 0 Å². The van der Waals surface area contributed by atoms with E-state index in [1.807, 2.05) is 30.3 Å². The lowest BCUT2D eigenvalue weighted by Crippen LogP contribution is -2.35. The highest BCUT2D eigenvalue weighted by Gasteiger charge is 2.30. The zero-order valence-electron chi connectivity index (χ0n) is 11.7. The summed E-state index contributed by atoms with van der Waals surface area (Å²) in [7, 11) is -3.04. The fraction of sp³-hybridized carbons (Fsp3) is 0.357. The quantitative estimate of drug-likeness (QED) is 0.883. The van der Waals surface area contributed by atoms with Crippen molar-refractivity contribution in [3.05, 3.63) is 47.7 Å². The average Bonchev–Trinajstić information content (AvgIpc) is 3.07. The average molecular weight is 321 g/mol. The van der Waals surface area contributed by atoms with Crippen LogP contribution in [0.1, 0.15) is 28.6 Å². The molecule has 1 aromatic heterocycles. The van der Waals surface area contributed by atoms with Crippen LogP contribution in [0.15, 0.2) is 34.7 Å². The Bertz CT molecular complexity index is 770. The van der Waals surface area contributed by atoms with Gasteiger partial charge in [0.1, 0.15) is 0 Å². The number of carbonyl (C=O) groups is 1. The molecular weight excluding hydrogens is 306 g/mol. The molecule has 1 aliphatic heterocycles. The summed E-state index contributed by atoms with van der Waals surface area (Å²) in [6.45, 7) is 0. The Morgan fingerprint density at radius 1 is 1.27 bits per heavy atom. The van der Waals surface area contributed by atoms with Crippen molar-refractivity contribution in [2.24, 2.45) is 0 Å². The molecule has 0 saturated carbocycles. The molecule has 1 fully saturated rings. The van der Waals surface area contributed by atoms with Gasteiger partial charge in [0.15, 0.2) is 9.84 Å². The molecule has 7 nitrogen and oxygen atoms in total. The predicted molar refractivity (Wildman–Crippen MR) is 78.1 cm³/mol. The highest BCUT2D eigenvalue weighted by molar-refractivity contribution is 7.91. The van der Waals surface area contributed by atoms with Crippen LogP contribution in [0.25, 0.3) is 0 Å². The summed E-state index contributed by atoms with van der Waals surface area (Å²) >= 11 is 0. The third-order valence-corrected chi connectivity index (χ3v) is 5.19. The molecule has 2 heterocycles. The molecule has 8 heteroatoms. The van der Waals surface area contributed by atoms with Crippen molar-refractivity contribution in [1.29, 1.82) is 0 Å². The number of hydrogen-bond donors (Lipinski definition) is 1. The predicted octanol–water partition coefficient (Wildman–Crippen LogP) is 0.577. The van der Waals surface area contributed by atoms with Gasteiger partial charge in [0.25, 0.3) is 0 Å². The molecule has 2 aromatic rings. The number of carbonyl (C=O) groups excluding carboxylic acids is 1. The molecule has 1 saturated heterocycles. The van der Waals surface area contributed by atoms with Gasteiger partial charge >= 0.3 is 11.8 Å². The van der Waals surface area contributed by atoms with Gasteiger partial charge in [-0.25, -0.2) is 8.42 Å². The normalized spacial score (nSPS) is 19.9. The van der Waals surface area contributed by atoms with Crippen LogP contribution >= 0.6 is 0 Å². The standard InChI is InChI=1S/C14H15N3O4S/c18-13(15-11-6-7-22(19,20)9-11)14-17-16-12(21-14)8-10-4-2-1-3-5-10/h1-5,11H,6-9H2,(H,15,18). The second kappa shape index (κ2) is 5.88. The zero-order valence-corrected chi connectivity index (χ0v) is 12.5. The van der Waals surface area contributed by atoms with E-state index in [4.69, 9.17) is 4.42 Å². The minimum absolute atomic E-state index is 0.0379. The number of nitrogens with zero attached hydrogens (tertiary/aromatic N) is 2. The van der Waals surface area contributed by atoms with E-state index in [1.165, 1.54) is 0 Å². The fourth-order valence-electron chi connectivity index (χ4n) is 2.34. The number of hydrogen-bond acceptors (Lipinski definition) is 6. The molecule has 1 aromatic carbocycles. The van der Waals surface area contributed by atoms with Crippen molar-refractivity contribution in [2.75, 3.05) is 11.5 Å². The molecule has 0 spiro atoms. The van der Waals surface area contributed by atoms with Crippen LogP contribution < -0.4 is 5.32 Å². The van der Waals surface area contributed by atoms with E-state index in [0.717, 1.165) is 5.56 Å². The van der Waals surface area contributed by atoms with Crippen LogP contribution in [-0.4, -0.2) is 42.1 Å². The van der Waals surface area contributed by atoms with Gasteiger partial charge in [-0.15, -0.1) is 10.2 Å². The highest BCUT2D eigenvalue weighted by atomic mass is 32.2. The molecule has 0 aliphatic carbocycles. The summed E-state index contributed by atoms with van der Waals surface area (Å²) in [4.78, 5) is 12.0. The number of amides is 1. The Hall–Kier alpha value is -2.22. The van der Waals surface area contributed by atoms with Crippen LogP contribution in [0, 0.1) is 0 Å². The summed E-state index contributed by atoms with van der Waals surface area (Å²) in [5, 5.41) is 10.2. The lowest BCUT2D eigenvalue weighted by atomic mass is 10.2. The first-order valence-electron chi connectivity index (χ1n) is 6.89. The van der Waals surface area contributed by atoms with Crippen molar-refractivity contribution in [3.63, 3.8) is 0 Å². The van der Waals surface area contributed by atoms with Gasteiger partial charge in [0.05, 0.1) is 17.9 Å². The molecule has 1 unspecified atom stereocenters. The third kappa shape index (κ3) is 3.51. The van der Waals surface area contributed by atoms with Gasteiger partial charge in [-0.3, -0.25) is 4.79 Å². The van der Waals surface area contributed by atoms with Crippen molar-refractivity contribution in [1.82, 2.24) is 15.5 Å². The minimum atomic E-state index is -3.04. The van der Waals surface area contributed by atoms with Gasteiger partial charge in [-0.1, -0.05) is 30.3 Å². The monoisotopic (exact) mass is 321 g/mol. The largest absolute Gasteiger partial charge is 0.417 e. The first kappa shape index (κ1) is 14.7. The van der Waals surface area contributed by atoms with E-state index in [0.29, 0.717) is 18.7 Å². The Kier molecular flexibility index (Phi) is 3.93. The lowest BCUT2D eigenvalue weighted by molar-refractivity contribution is 0.0904. The van der Waals surface area contributed by atoms with Gasteiger partial charge in [-0.2, -0.15) is 0 Å². The minimum Gasteiger partial charge on any atom is -0.417 e. The Labute approximate surface area is 127 Å². The summed E-state index contributed by atoms with van der Waals surface area (Å²) in [6, 6.07) is 9.17. The van der Waals surface area contributed by atoms with E-state index >= 15 is 0 Å². The Balaban J connectivity index is 1.62. The number of nitrogens with one attached hydrogen (secondary N) is 1. The number of benzene rings is 1. The Morgan fingerprint density at radius 2 is 2.05 bits per heavy atom. The second-order valence-electron chi connectivity index (χ2n) is 5.24. The first-order valence-corrected chi connectivity index (χ1v) is 8.71.